The van der Waals surface area contributed by atoms with E-state index < -0.39 is 16.9 Å². The molecule has 0 bridgehead atoms. The quantitative estimate of drug-likeness (QED) is 0.289. The fourth-order valence-electron chi connectivity index (χ4n) is 4.13. The van der Waals surface area contributed by atoms with Crippen LogP contribution in [-0.4, -0.2) is 16.8 Å². The highest BCUT2D eigenvalue weighted by Gasteiger charge is 2.25. The van der Waals surface area contributed by atoms with E-state index in [1.165, 1.54) is 4.57 Å². The second kappa shape index (κ2) is 9.60. The lowest BCUT2D eigenvalue weighted by molar-refractivity contribution is 0.414. The van der Waals surface area contributed by atoms with Gasteiger partial charge in [-0.2, -0.15) is 0 Å². The van der Waals surface area contributed by atoms with E-state index in [1.807, 2.05) is 30.3 Å². The van der Waals surface area contributed by atoms with Gasteiger partial charge < -0.3 is 14.3 Å². The molecule has 2 aromatic heterocycles. The summed E-state index contributed by atoms with van der Waals surface area (Å²) in [6.45, 7) is 1.76. The number of pyridine rings is 1. The highest BCUT2D eigenvalue weighted by Crippen LogP contribution is 2.39. The van der Waals surface area contributed by atoms with Crippen LogP contribution >= 0.6 is 23.4 Å². The van der Waals surface area contributed by atoms with E-state index in [-0.39, 0.29) is 15.9 Å². The smallest absolute Gasteiger partial charge is 0.354 e. The standard InChI is InChI=1S/C28H20ClNO5S/c1-16-23(17-8-4-3-5-9-17)30(19-11-7-12-20(15-19)34-2)27(32)22-24(31)26(28(33)35-25(16)22)36-21-13-6-10-18(29)14-21/h3-15,31H,1-2H3. The predicted molar refractivity (Wildman–Crippen MR) is 142 cm³/mol. The molecule has 0 atom stereocenters. The summed E-state index contributed by atoms with van der Waals surface area (Å²) in [5, 5.41) is 11.6. The van der Waals surface area contributed by atoms with E-state index in [0.29, 0.717) is 32.6 Å². The van der Waals surface area contributed by atoms with Gasteiger partial charge in [-0.05, 0) is 42.8 Å². The molecule has 0 radical (unpaired) electrons. The summed E-state index contributed by atoms with van der Waals surface area (Å²) in [5.74, 6) is 0.132. The van der Waals surface area contributed by atoms with Crippen LogP contribution in [0.5, 0.6) is 11.5 Å². The summed E-state index contributed by atoms with van der Waals surface area (Å²) in [6, 6.07) is 23.2. The number of ether oxygens (including phenoxy) is 1. The molecule has 5 aromatic rings. The minimum Gasteiger partial charge on any atom is -0.505 e. The first kappa shape index (κ1) is 23.8. The summed E-state index contributed by atoms with van der Waals surface area (Å²) in [7, 11) is 1.55. The maximum absolute atomic E-state index is 14.0. The van der Waals surface area contributed by atoms with E-state index >= 15 is 0 Å². The molecule has 0 saturated carbocycles. The third-order valence-electron chi connectivity index (χ3n) is 5.77. The molecule has 2 heterocycles. The average Bonchev–Trinajstić information content (AvgIpc) is 2.88. The molecule has 0 unspecified atom stereocenters. The van der Waals surface area contributed by atoms with Gasteiger partial charge in [0.2, 0.25) is 0 Å². The minimum atomic E-state index is -0.745. The van der Waals surface area contributed by atoms with Crippen molar-refractivity contribution in [1.82, 2.24) is 4.57 Å². The fourth-order valence-corrected chi connectivity index (χ4v) is 5.28. The van der Waals surface area contributed by atoms with Gasteiger partial charge in [-0.25, -0.2) is 4.79 Å². The zero-order valence-corrected chi connectivity index (χ0v) is 20.9. The number of benzene rings is 3. The first-order valence-electron chi connectivity index (χ1n) is 11.0. The normalized spacial score (nSPS) is 11.1. The Morgan fingerprint density at radius 1 is 0.972 bits per heavy atom. The molecule has 1 N–H and O–H groups in total. The van der Waals surface area contributed by atoms with Crippen molar-refractivity contribution in [3.8, 4) is 28.4 Å². The number of hydrogen-bond acceptors (Lipinski definition) is 6. The number of aromatic nitrogens is 1. The van der Waals surface area contributed by atoms with Crippen LogP contribution in [0.2, 0.25) is 5.02 Å². The SMILES string of the molecule is COc1cccc(-n2c(-c3ccccc3)c(C)c3oc(=O)c(Sc4cccc(Cl)c4)c(O)c3c2=O)c1. The number of methoxy groups -OCH3 is 1. The molecule has 6 nitrogen and oxygen atoms in total. The van der Waals surface area contributed by atoms with Gasteiger partial charge in [0.05, 0.1) is 18.5 Å². The van der Waals surface area contributed by atoms with Crippen LogP contribution in [0.25, 0.3) is 27.9 Å². The molecule has 3 aromatic carbocycles. The summed E-state index contributed by atoms with van der Waals surface area (Å²) in [6.07, 6.45) is 0. The van der Waals surface area contributed by atoms with Gasteiger partial charge in [-0.15, -0.1) is 0 Å². The zero-order valence-electron chi connectivity index (χ0n) is 19.3. The number of hydrogen-bond donors (Lipinski definition) is 1. The maximum Gasteiger partial charge on any atom is 0.354 e. The van der Waals surface area contributed by atoms with Crippen molar-refractivity contribution in [2.24, 2.45) is 0 Å². The average molecular weight is 518 g/mol. The summed E-state index contributed by atoms with van der Waals surface area (Å²) in [5.41, 5.74) is 1.12. The monoisotopic (exact) mass is 517 g/mol. The first-order chi connectivity index (χ1) is 17.4. The van der Waals surface area contributed by atoms with Crippen molar-refractivity contribution in [3.05, 3.63) is 110 Å². The number of aryl methyl sites for hydroxylation is 1. The van der Waals surface area contributed by atoms with E-state index in [1.54, 1.807) is 62.6 Å². The molecule has 0 aliphatic rings. The van der Waals surface area contributed by atoms with Crippen LogP contribution in [0.1, 0.15) is 5.56 Å². The second-order valence-corrected chi connectivity index (χ2v) is 9.53. The lowest BCUT2D eigenvalue weighted by Crippen LogP contribution is -2.23. The number of nitrogens with zero attached hydrogens (tertiary/aromatic N) is 1. The van der Waals surface area contributed by atoms with Crippen LogP contribution < -0.4 is 15.9 Å². The predicted octanol–water partition coefficient (Wildman–Crippen LogP) is 6.44. The third-order valence-corrected chi connectivity index (χ3v) is 7.06. The van der Waals surface area contributed by atoms with Gasteiger partial charge in [-0.3, -0.25) is 9.36 Å². The van der Waals surface area contributed by atoms with Gasteiger partial charge in [0, 0.05) is 21.5 Å². The van der Waals surface area contributed by atoms with Crippen LogP contribution in [-0.2, 0) is 0 Å². The maximum atomic E-state index is 14.0. The van der Waals surface area contributed by atoms with Crippen molar-refractivity contribution in [3.63, 3.8) is 0 Å². The zero-order chi connectivity index (χ0) is 25.4. The molecule has 180 valence electrons. The largest absolute Gasteiger partial charge is 0.505 e. The van der Waals surface area contributed by atoms with Gasteiger partial charge >= 0.3 is 5.63 Å². The number of rotatable bonds is 5. The lowest BCUT2D eigenvalue weighted by atomic mass is 10.0. The highest BCUT2D eigenvalue weighted by molar-refractivity contribution is 7.99. The molecule has 0 aliphatic carbocycles. The van der Waals surface area contributed by atoms with Gasteiger partial charge in [0.25, 0.3) is 5.56 Å². The summed E-state index contributed by atoms with van der Waals surface area (Å²) < 4.78 is 12.6. The number of halogens is 1. The molecule has 0 saturated heterocycles. The van der Waals surface area contributed by atoms with Gasteiger partial charge in [0.15, 0.2) is 11.3 Å². The van der Waals surface area contributed by atoms with Crippen LogP contribution in [0.4, 0.5) is 0 Å². The Hall–Kier alpha value is -3.94. The van der Waals surface area contributed by atoms with Gasteiger partial charge in [0.1, 0.15) is 16.0 Å². The van der Waals surface area contributed by atoms with Gasteiger partial charge in [-0.1, -0.05) is 65.8 Å². The fraction of sp³-hybridized carbons (Fsp3) is 0.0714. The van der Waals surface area contributed by atoms with Crippen LogP contribution in [0.3, 0.4) is 0 Å². The Labute approximate surface area is 215 Å². The first-order valence-corrected chi connectivity index (χ1v) is 12.2. The summed E-state index contributed by atoms with van der Waals surface area (Å²) >= 11 is 7.06. The number of aromatic hydroxyl groups is 1. The molecular weight excluding hydrogens is 498 g/mol. The molecule has 8 heteroatoms. The van der Waals surface area contributed by atoms with Crippen molar-refractivity contribution < 1.29 is 14.3 Å². The van der Waals surface area contributed by atoms with Crippen molar-refractivity contribution in [2.75, 3.05) is 7.11 Å². The van der Waals surface area contributed by atoms with Crippen LogP contribution in [0.15, 0.2) is 103 Å². The minimum absolute atomic E-state index is 0.0379. The van der Waals surface area contributed by atoms with E-state index in [9.17, 15) is 14.7 Å². The Kier molecular flexibility index (Phi) is 6.35. The molecule has 0 aliphatic heterocycles. The Bertz CT molecular complexity index is 1730. The lowest BCUT2D eigenvalue weighted by Gasteiger charge is -2.19. The van der Waals surface area contributed by atoms with Crippen LogP contribution in [0, 0.1) is 6.92 Å². The van der Waals surface area contributed by atoms with Crippen molar-refractivity contribution in [1.29, 1.82) is 0 Å². The summed E-state index contributed by atoms with van der Waals surface area (Å²) in [4.78, 5) is 27.6. The molecule has 0 spiro atoms. The second-order valence-electron chi connectivity index (χ2n) is 8.01. The molecule has 0 fully saturated rings. The van der Waals surface area contributed by atoms with E-state index in [4.69, 9.17) is 20.8 Å². The van der Waals surface area contributed by atoms with E-state index in [0.717, 1.165) is 17.3 Å². The topological polar surface area (TPSA) is 81.7 Å². The molecule has 0 amide bonds. The molecule has 5 rings (SSSR count). The molecule has 36 heavy (non-hydrogen) atoms. The third kappa shape index (κ3) is 4.17. The Morgan fingerprint density at radius 2 is 1.72 bits per heavy atom. The Morgan fingerprint density at radius 3 is 2.44 bits per heavy atom. The van der Waals surface area contributed by atoms with E-state index in [2.05, 4.69) is 0 Å². The number of fused-ring (bicyclic) bond motifs is 1. The van der Waals surface area contributed by atoms with Crippen molar-refractivity contribution in [2.45, 2.75) is 16.7 Å². The van der Waals surface area contributed by atoms with Crippen molar-refractivity contribution >= 4 is 34.3 Å². The Balaban J connectivity index is 1.87. The molecular formula is C28H20ClNO5S. The highest BCUT2D eigenvalue weighted by atomic mass is 35.5.